The van der Waals surface area contributed by atoms with E-state index in [0.29, 0.717) is 35.2 Å². The van der Waals surface area contributed by atoms with Crippen molar-refractivity contribution < 1.29 is 19.0 Å². The van der Waals surface area contributed by atoms with Crippen LogP contribution in [0.15, 0.2) is 36.5 Å². The van der Waals surface area contributed by atoms with Crippen LogP contribution in [0.5, 0.6) is 17.2 Å². The highest BCUT2D eigenvalue weighted by atomic mass is 35.5. The van der Waals surface area contributed by atoms with E-state index in [1.54, 1.807) is 42.4 Å². The number of methoxy groups -OCH3 is 3. The Morgan fingerprint density at radius 3 is 2.08 bits per heavy atom. The molecule has 0 saturated heterocycles. The molecule has 1 amide bonds. The number of unbranched alkanes of at least 4 members (excludes halogenated alkanes) is 9. The maximum Gasteiger partial charge on any atom is 0.241 e. The second-order valence-corrected chi connectivity index (χ2v) is 9.51. The van der Waals surface area contributed by atoms with E-state index < -0.39 is 5.92 Å². The lowest BCUT2D eigenvalue weighted by Gasteiger charge is -2.18. The average Bonchev–Trinajstić information content (AvgIpc) is 3.42. The number of nitrogens with zero attached hydrogens (tertiary/aromatic N) is 5. The fraction of sp³-hybridized carbons (Fsp3) is 0.552. The second-order valence-electron chi connectivity index (χ2n) is 9.51. The lowest BCUT2D eigenvalue weighted by atomic mass is 10.0. The summed E-state index contributed by atoms with van der Waals surface area (Å²) in [6, 6.07) is 8.74. The molecule has 3 rings (SSSR count). The molecule has 0 bridgehead atoms. The summed E-state index contributed by atoms with van der Waals surface area (Å²) in [5.74, 6) is 0.371. The lowest BCUT2D eigenvalue weighted by Crippen LogP contribution is -2.25. The molecule has 0 aliphatic carbocycles. The number of carbonyl (C=O) groups is 1. The fourth-order valence-electron chi connectivity index (χ4n) is 4.46. The summed E-state index contributed by atoms with van der Waals surface area (Å²) in [5.41, 5.74) is 0.893. The lowest BCUT2D eigenvalue weighted by molar-refractivity contribution is -0.117. The van der Waals surface area contributed by atoms with Crippen molar-refractivity contribution in [2.24, 2.45) is 0 Å². The normalized spacial score (nSPS) is 11.4. The molecule has 0 spiro atoms. The van der Waals surface area contributed by atoms with Gasteiger partial charge in [0, 0.05) is 18.3 Å². The first kappa shape index (κ1) is 32.8. The van der Waals surface area contributed by atoms with Gasteiger partial charge < -0.3 is 19.5 Å². The van der Waals surface area contributed by atoms with Crippen molar-refractivity contribution in [1.29, 1.82) is 0 Å². The summed E-state index contributed by atoms with van der Waals surface area (Å²) in [5, 5.41) is 15.9. The van der Waals surface area contributed by atoms with Crippen LogP contribution in [0.3, 0.4) is 0 Å². The molecule has 0 aliphatic rings. The Balaban J connectivity index is 0.00000560. The van der Waals surface area contributed by atoms with Gasteiger partial charge in [-0.25, -0.2) is 0 Å². The van der Waals surface area contributed by atoms with Gasteiger partial charge in [0.25, 0.3) is 0 Å². The summed E-state index contributed by atoms with van der Waals surface area (Å²) in [6.45, 7) is 2.90. The van der Waals surface area contributed by atoms with E-state index in [1.165, 1.54) is 65.6 Å². The van der Waals surface area contributed by atoms with Crippen molar-refractivity contribution in [2.75, 3.05) is 26.6 Å². The molecule has 0 radical (unpaired) electrons. The third kappa shape index (κ3) is 9.66. The highest BCUT2D eigenvalue weighted by Crippen LogP contribution is 2.39. The van der Waals surface area contributed by atoms with Crippen LogP contribution < -0.4 is 19.5 Å². The van der Waals surface area contributed by atoms with Gasteiger partial charge in [-0.15, -0.1) is 22.6 Å². The van der Waals surface area contributed by atoms with Gasteiger partial charge in [0.2, 0.25) is 5.91 Å². The maximum absolute atomic E-state index is 13.6. The Hall–Kier alpha value is -3.40. The molecule has 0 saturated carbocycles. The molecule has 0 aliphatic heterocycles. The highest BCUT2D eigenvalue weighted by Gasteiger charge is 2.30. The zero-order valence-electron chi connectivity index (χ0n) is 24.1. The van der Waals surface area contributed by atoms with E-state index in [4.69, 9.17) is 14.2 Å². The van der Waals surface area contributed by atoms with Crippen LogP contribution in [-0.4, -0.2) is 52.4 Å². The number of carbonyl (C=O) groups excluding carboxylic acids is 1. The average molecular weight is 575 g/mol. The number of nitrogens with one attached hydrogen (secondary N) is 1. The van der Waals surface area contributed by atoms with Crippen LogP contribution in [0.2, 0.25) is 0 Å². The first-order chi connectivity index (χ1) is 19.1. The third-order valence-corrected chi connectivity index (χ3v) is 6.65. The van der Waals surface area contributed by atoms with Gasteiger partial charge in [-0.05, 0) is 23.8 Å². The number of hydrogen-bond acceptors (Lipinski definition) is 8. The zero-order chi connectivity index (χ0) is 27.9. The van der Waals surface area contributed by atoms with Crippen molar-refractivity contribution in [2.45, 2.75) is 83.6 Å². The Morgan fingerprint density at radius 1 is 0.900 bits per heavy atom. The summed E-state index contributed by atoms with van der Waals surface area (Å²) in [4.78, 5) is 19.6. The number of hydrogen-bond donors (Lipinski definition) is 1. The molecule has 11 heteroatoms. The molecular formula is C29H43ClN6O4. The van der Waals surface area contributed by atoms with Crippen molar-refractivity contribution in [1.82, 2.24) is 25.2 Å². The summed E-state index contributed by atoms with van der Waals surface area (Å²) < 4.78 is 16.3. The Bertz CT molecular complexity index is 1120. The highest BCUT2D eigenvalue weighted by molar-refractivity contribution is 5.99. The molecule has 3 aromatic rings. The molecule has 2 aromatic heterocycles. The molecular weight excluding hydrogens is 532 g/mol. The molecule has 1 unspecified atom stereocenters. The summed E-state index contributed by atoms with van der Waals surface area (Å²) in [6.07, 6.45) is 14.2. The zero-order valence-corrected chi connectivity index (χ0v) is 24.9. The van der Waals surface area contributed by atoms with Crippen LogP contribution in [0.4, 0.5) is 5.69 Å². The minimum absolute atomic E-state index is 0. The number of aryl methyl sites for hydroxylation is 1. The van der Waals surface area contributed by atoms with Crippen molar-refractivity contribution in [3.05, 3.63) is 48.0 Å². The van der Waals surface area contributed by atoms with E-state index >= 15 is 0 Å². The van der Waals surface area contributed by atoms with Gasteiger partial charge in [0.05, 0.1) is 33.6 Å². The fourth-order valence-corrected chi connectivity index (χ4v) is 4.46. The van der Waals surface area contributed by atoms with Crippen LogP contribution in [0, 0.1) is 0 Å². The van der Waals surface area contributed by atoms with Crippen LogP contribution in [0.1, 0.15) is 88.6 Å². The minimum atomic E-state index is -0.871. The monoisotopic (exact) mass is 574 g/mol. The van der Waals surface area contributed by atoms with Crippen LogP contribution in [-0.2, 0) is 11.3 Å². The number of amides is 1. The first-order valence-electron chi connectivity index (χ1n) is 13.9. The standard InChI is InChI=1S/C29H42N6O4.ClH/c1-5-6-7-8-9-10-11-12-13-16-19-35-33-28(32-34-35)26(23-17-14-15-18-30-23)29(36)31-27-24(38-3)20-22(37-2)21-25(27)39-4;/h14-15,17-18,20-21,26H,5-13,16,19H2,1-4H3,(H,31,36);1H. The summed E-state index contributed by atoms with van der Waals surface area (Å²) in [7, 11) is 4.58. The summed E-state index contributed by atoms with van der Waals surface area (Å²) >= 11 is 0. The van der Waals surface area contributed by atoms with Crippen LogP contribution in [0.25, 0.3) is 0 Å². The van der Waals surface area contributed by atoms with Crippen molar-refractivity contribution in [3.8, 4) is 17.2 Å². The minimum Gasteiger partial charge on any atom is -0.496 e. The van der Waals surface area contributed by atoms with Gasteiger partial charge in [-0.1, -0.05) is 70.8 Å². The number of aromatic nitrogens is 5. The number of pyridine rings is 1. The van der Waals surface area contributed by atoms with Gasteiger partial charge in [0.1, 0.15) is 28.9 Å². The number of rotatable bonds is 18. The molecule has 1 aromatic carbocycles. The number of benzene rings is 1. The third-order valence-electron chi connectivity index (χ3n) is 6.65. The van der Waals surface area contributed by atoms with Crippen molar-refractivity contribution in [3.63, 3.8) is 0 Å². The molecule has 40 heavy (non-hydrogen) atoms. The van der Waals surface area contributed by atoms with E-state index in [2.05, 4.69) is 32.6 Å². The van der Waals surface area contributed by atoms with Gasteiger partial charge in [-0.3, -0.25) is 9.78 Å². The quantitative estimate of drug-likeness (QED) is 0.178. The topological polar surface area (TPSA) is 113 Å². The smallest absolute Gasteiger partial charge is 0.241 e. The van der Waals surface area contributed by atoms with Gasteiger partial charge >= 0.3 is 0 Å². The largest absolute Gasteiger partial charge is 0.496 e. The molecule has 2 heterocycles. The Kier molecular flexibility index (Phi) is 14.8. The molecule has 1 atom stereocenters. The molecule has 220 valence electrons. The number of tetrazole rings is 1. The van der Waals surface area contributed by atoms with E-state index in [0.717, 1.165) is 12.8 Å². The second kappa shape index (κ2) is 18.0. The predicted molar refractivity (Wildman–Crippen MR) is 158 cm³/mol. The molecule has 10 nitrogen and oxygen atoms in total. The first-order valence-corrected chi connectivity index (χ1v) is 13.9. The van der Waals surface area contributed by atoms with E-state index in [1.807, 2.05) is 6.07 Å². The van der Waals surface area contributed by atoms with E-state index in [-0.39, 0.29) is 24.1 Å². The maximum atomic E-state index is 13.6. The molecule has 1 N–H and O–H groups in total. The van der Waals surface area contributed by atoms with Gasteiger partial charge in [0.15, 0.2) is 5.82 Å². The SMILES string of the molecule is CCCCCCCCCCCCn1nnc(C(C(=O)Nc2c(OC)cc(OC)cc2OC)c2ccccn2)n1.Cl. The van der Waals surface area contributed by atoms with E-state index in [9.17, 15) is 4.79 Å². The number of ether oxygens (including phenoxy) is 3. The Labute approximate surface area is 243 Å². The van der Waals surface area contributed by atoms with Gasteiger partial charge in [-0.2, -0.15) is 4.80 Å². The predicted octanol–water partition coefficient (Wildman–Crippen LogP) is 6.21. The number of halogens is 1. The number of anilines is 1. The Morgan fingerprint density at radius 2 is 1.52 bits per heavy atom. The van der Waals surface area contributed by atoms with Crippen molar-refractivity contribution >= 4 is 24.0 Å². The van der Waals surface area contributed by atoms with Crippen LogP contribution >= 0.6 is 12.4 Å². The molecule has 0 fully saturated rings.